The molecule has 1 fully saturated rings. The Balaban J connectivity index is 1.92. The lowest BCUT2D eigenvalue weighted by Gasteiger charge is -2.24. The third kappa shape index (κ3) is 2.34. The molecule has 5 atom stereocenters. The Kier molecular flexibility index (Phi) is 4.02. The van der Waals surface area contributed by atoms with Crippen LogP contribution in [0.25, 0.3) is 0 Å². The largest absolute Gasteiger partial charge is 0.394 e. The molecule has 3 rings (SSSR count). The van der Waals surface area contributed by atoms with Gasteiger partial charge in [0.2, 0.25) is 0 Å². The van der Waals surface area contributed by atoms with E-state index >= 15 is 0 Å². The van der Waals surface area contributed by atoms with E-state index in [0.29, 0.717) is 18.1 Å². The molecule has 6 N–H and O–H groups in total. The van der Waals surface area contributed by atoms with Crippen molar-refractivity contribution in [3.8, 4) is 0 Å². The average molecular weight is 313 g/mol. The molecule has 22 heavy (non-hydrogen) atoms. The summed E-state index contributed by atoms with van der Waals surface area (Å²) in [6, 6.07) is 0. The van der Waals surface area contributed by atoms with Crippen molar-refractivity contribution < 1.29 is 24.8 Å². The van der Waals surface area contributed by atoms with Gasteiger partial charge in [-0.2, -0.15) is 0 Å². The number of rotatable bonds is 4. The monoisotopic (exact) mass is 313 g/mol. The summed E-state index contributed by atoms with van der Waals surface area (Å²) in [6.45, 7) is 1.86. The highest BCUT2D eigenvalue weighted by Crippen LogP contribution is 2.36. The van der Waals surface area contributed by atoms with E-state index < -0.39 is 37.4 Å². The number of nitrogens with zero attached hydrogens (tertiary/aromatic N) is 3. The minimum absolute atomic E-state index is 0.152. The summed E-state index contributed by atoms with van der Waals surface area (Å²) >= 11 is 0. The quantitative estimate of drug-likeness (QED) is 0.440. The molecule has 0 radical (unpaired) electrons. The first-order valence-electron chi connectivity index (χ1n) is 6.97. The van der Waals surface area contributed by atoms with Crippen molar-refractivity contribution in [2.75, 3.05) is 18.5 Å². The van der Waals surface area contributed by atoms with E-state index in [1.807, 2.05) is 6.92 Å². The van der Waals surface area contributed by atoms with Gasteiger partial charge in [-0.15, -0.1) is 0 Å². The Morgan fingerprint density at radius 2 is 2.23 bits per heavy atom. The predicted molar refractivity (Wildman–Crippen MR) is 74.8 cm³/mol. The van der Waals surface area contributed by atoms with Crippen molar-refractivity contribution in [2.45, 2.75) is 37.7 Å². The maximum atomic E-state index is 10.1. The van der Waals surface area contributed by atoms with Crippen LogP contribution in [0.5, 0.6) is 0 Å². The van der Waals surface area contributed by atoms with E-state index in [0.717, 1.165) is 0 Å². The minimum atomic E-state index is -1.21. The average Bonchev–Trinajstić information content (AvgIpc) is 3.02. The second kappa shape index (κ2) is 5.82. The van der Waals surface area contributed by atoms with Crippen LogP contribution >= 0.6 is 0 Å². The molecule has 0 bridgehead atoms. The molecular formula is C12H19N5O5. The number of imidazole rings is 1. The highest BCUT2D eigenvalue weighted by Gasteiger charge is 2.44. The van der Waals surface area contributed by atoms with E-state index in [1.165, 1.54) is 10.9 Å². The Morgan fingerprint density at radius 3 is 2.86 bits per heavy atom. The molecule has 122 valence electrons. The van der Waals surface area contributed by atoms with E-state index in [-0.39, 0.29) is 5.96 Å². The molecule has 0 amide bonds. The van der Waals surface area contributed by atoms with Crippen LogP contribution in [0.2, 0.25) is 0 Å². The highest BCUT2D eigenvalue weighted by molar-refractivity contribution is 5.93. The first kappa shape index (κ1) is 15.2. The number of anilines is 1. The van der Waals surface area contributed by atoms with Gasteiger partial charge in [0.25, 0.3) is 0 Å². The molecule has 10 nitrogen and oxygen atoms in total. The number of ether oxygens (including phenoxy) is 2. The molecule has 1 unspecified atom stereocenters. The smallest absolute Gasteiger partial charge is 0.198 e. The second-order valence-electron chi connectivity index (χ2n) is 5.06. The van der Waals surface area contributed by atoms with Crippen molar-refractivity contribution in [1.82, 2.24) is 9.55 Å². The van der Waals surface area contributed by atoms with Gasteiger partial charge in [0.1, 0.15) is 29.8 Å². The molecule has 2 aliphatic heterocycles. The number of hydrogen-bond donors (Lipinski definition) is 5. The van der Waals surface area contributed by atoms with Gasteiger partial charge < -0.3 is 35.8 Å². The standard InChI is InChI=1S/C12H19N5O5/c1-2-21-10-6-9(15-12(13)16-10)17(4-14-6)11-8(20)7(19)5(3-18)22-11/h4-5,7-8,10-11,18-20H,2-3H2,1H3,(H3,13,15,16)/t5-,7-,8-,10?,11-/m1/s1. The molecule has 0 saturated carbocycles. The first-order valence-corrected chi connectivity index (χ1v) is 6.97. The summed E-state index contributed by atoms with van der Waals surface area (Å²) in [6.07, 6.45) is -3.36. The Bertz CT molecular complexity index is 576. The lowest BCUT2D eigenvalue weighted by molar-refractivity contribution is -0.0519. The Labute approximate surface area is 126 Å². The summed E-state index contributed by atoms with van der Waals surface area (Å²) in [5.41, 5.74) is 6.25. The van der Waals surface area contributed by atoms with Gasteiger partial charge in [0, 0.05) is 6.61 Å². The highest BCUT2D eigenvalue weighted by atomic mass is 16.6. The molecule has 0 aliphatic carbocycles. The number of nitrogens with two attached hydrogens (primary N) is 1. The van der Waals surface area contributed by atoms with Crippen LogP contribution in [0.1, 0.15) is 25.1 Å². The van der Waals surface area contributed by atoms with E-state index in [9.17, 15) is 10.2 Å². The minimum Gasteiger partial charge on any atom is -0.394 e. The molecule has 3 heterocycles. The fraction of sp³-hybridized carbons (Fsp3) is 0.667. The van der Waals surface area contributed by atoms with Gasteiger partial charge in [0.15, 0.2) is 18.4 Å². The lowest BCUT2D eigenvalue weighted by Crippen LogP contribution is -2.34. The van der Waals surface area contributed by atoms with Crippen molar-refractivity contribution in [2.24, 2.45) is 10.7 Å². The van der Waals surface area contributed by atoms with Gasteiger partial charge in [-0.05, 0) is 6.92 Å². The van der Waals surface area contributed by atoms with Crippen LogP contribution in [0.3, 0.4) is 0 Å². The topological polar surface area (TPSA) is 147 Å². The summed E-state index contributed by atoms with van der Waals surface area (Å²) in [5.74, 6) is 0.625. The molecule has 10 heteroatoms. The van der Waals surface area contributed by atoms with E-state index in [2.05, 4.69) is 15.3 Å². The fourth-order valence-corrected chi connectivity index (χ4v) is 2.60. The molecule has 0 aromatic carbocycles. The Morgan fingerprint density at radius 1 is 1.45 bits per heavy atom. The van der Waals surface area contributed by atoms with Crippen molar-refractivity contribution in [3.63, 3.8) is 0 Å². The van der Waals surface area contributed by atoms with Crippen LogP contribution in [0, 0.1) is 0 Å². The number of nitrogens with one attached hydrogen (secondary N) is 1. The number of aromatic nitrogens is 2. The first-order chi connectivity index (χ1) is 10.6. The number of aliphatic hydroxyl groups excluding tert-OH is 3. The zero-order chi connectivity index (χ0) is 15.9. The number of aliphatic hydroxyl groups is 3. The third-order valence-corrected chi connectivity index (χ3v) is 3.67. The molecule has 1 aromatic heterocycles. The third-order valence-electron chi connectivity index (χ3n) is 3.67. The summed E-state index contributed by atoms with van der Waals surface area (Å²) in [7, 11) is 0. The molecule has 0 spiro atoms. The van der Waals surface area contributed by atoms with Crippen LogP contribution < -0.4 is 11.1 Å². The van der Waals surface area contributed by atoms with Gasteiger partial charge in [0.05, 0.1) is 12.9 Å². The number of guanidine groups is 1. The van der Waals surface area contributed by atoms with Crippen molar-refractivity contribution >= 4 is 11.8 Å². The number of fused-ring (bicyclic) bond motifs is 1. The van der Waals surface area contributed by atoms with Gasteiger partial charge in [-0.1, -0.05) is 0 Å². The fourth-order valence-electron chi connectivity index (χ4n) is 2.60. The summed E-state index contributed by atoms with van der Waals surface area (Å²) in [4.78, 5) is 8.33. The van der Waals surface area contributed by atoms with Gasteiger partial charge in [-0.25, -0.2) is 9.98 Å². The molecular weight excluding hydrogens is 294 g/mol. The summed E-state index contributed by atoms with van der Waals surface area (Å²) in [5, 5.41) is 32.0. The predicted octanol–water partition coefficient (Wildman–Crippen LogP) is -1.73. The number of aliphatic imine (C=N–C) groups is 1. The number of hydrogen-bond acceptors (Lipinski definition) is 9. The molecule has 1 aromatic rings. The zero-order valence-corrected chi connectivity index (χ0v) is 12.0. The normalized spacial score (nSPS) is 34.2. The van der Waals surface area contributed by atoms with Crippen molar-refractivity contribution in [3.05, 3.63) is 12.0 Å². The van der Waals surface area contributed by atoms with E-state index in [4.69, 9.17) is 20.3 Å². The SMILES string of the molecule is CCOC1N=C(N)Nc2c1ncn2[C@@H]1O[C@H](CO)[C@@H](O)[C@H]1O. The summed E-state index contributed by atoms with van der Waals surface area (Å²) < 4.78 is 12.5. The zero-order valence-electron chi connectivity index (χ0n) is 12.0. The van der Waals surface area contributed by atoms with Crippen LogP contribution in [-0.4, -0.2) is 62.4 Å². The van der Waals surface area contributed by atoms with Gasteiger partial charge >= 0.3 is 0 Å². The lowest BCUT2D eigenvalue weighted by atomic mass is 10.1. The Hall–Kier alpha value is -1.72. The van der Waals surface area contributed by atoms with E-state index in [1.54, 1.807) is 0 Å². The van der Waals surface area contributed by atoms with Gasteiger partial charge in [-0.3, -0.25) is 4.57 Å². The van der Waals surface area contributed by atoms with Crippen molar-refractivity contribution in [1.29, 1.82) is 0 Å². The molecule has 1 saturated heterocycles. The second-order valence-corrected chi connectivity index (χ2v) is 5.06. The molecule has 2 aliphatic rings. The van der Waals surface area contributed by atoms with Crippen LogP contribution in [0.4, 0.5) is 5.82 Å². The van der Waals surface area contributed by atoms with Crippen LogP contribution in [0.15, 0.2) is 11.3 Å². The van der Waals surface area contributed by atoms with Crippen LogP contribution in [-0.2, 0) is 9.47 Å². The maximum Gasteiger partial charge on any atom is 0.198 e. The maximum absolute atomic E-state index is 10.1.